The van der Waals surface area contributed by atoms with Crippen LogP contribution in [0.3, 0.4) is 0 Å². The number of nitrogens with one attached hydrogen (secondary N) is 1. The van der Waals surface area contributed by atoms with Crippen molar-refractivity contribution in [3.63, 3.8) is 0 Å². The molecule has 4 saturated heterocycles. The number of urea groups is 1. The van der Waals surface area contributed by atoms with Crippen molar-refractivity contribution < 1.29 is 38.1 Å². The number of phenolic OH excluding ortho intramolecular Hbond substituents is 1. The number of terminal acetylenes is 1. The first-order valence-corrected chi connectivity index (χ1v) is 26.6. The van der Waals surface area contributed by atoms with Gasteiger partial charge in [-0.2, -0.15) is 9.97 Å². The van der Waals surface area contributed by atoms with E-state index in [-0.39, 0.29) is 63.0 Å². The predicted molar refractivity (Wildman–Crippen MR) is 280 cm³/mol. The first-order chi connectivity index (χ1) is 35.6. The van der Waals surface area contributed by atoms with E-state index in [0.29, 0.717) is 71.8 Å². The number of rotatable bonds is 11. The summed E-state index contributed by atoms with van der Waals surface area (Å²) in [5.74, 6) is 1.85. The Morgan fingerprint density at radius 3 is 2.35 bits per heavy atom. The molecular formula is C58H66F2N8O6. The molecule has 11 rings (SSSR count). The Bertz CT molecular complexity index is 3070. The number of hydrogen-bond acceptors (Lipinski definition) is 11. The number of ether oxygens (including phenoxy) is 1. The van der Waals surface area contributed by atoms with Crippen LogP contribution in [0.5, 0.6) is 11.8 Å². The molecule has 2 aliphatic carbocycles. The topological polar surface area (TPSA) is 155 Å². The average Bonchev–Trinajstić information content (AvgIpc) is 4.16. The van der Waals surface area contributed by atoms with Gasteiger partial charge < -0.3 is 34.5 Å². The molecule has 74 heavy (non-hydrogen) atoms. The number of hydrogen-bond donors (Lipinski definition) is 3. The Morgan fingerprint density at radius 2 is 1.64 bits per heavy atom. The van der Waals surface area contributed by atoms with Crippen LogP contribution in [-0.2, 0) is 4.79 Å². The molecule has 6 aliphatic rings. The summed E-state index contributed by atoms with van der Waals surface area (Å²) in [5, 5.41) is 25.5. The van der Waals surface area contributed by atoms with Gasteiger partial charge in [-0.1, -0.05) is 24.1 Å². The van der Waals surface area contributed by atoms with Crippen LogP contribution < -0.4 is 19.9 Å². The van der Waals surface area contributed by atoms with Crippen molar-refractivity contribution in [2.75, 3.05) is 88.4 Å². The van der Waals surface area contributed by atoms with E-state index in [9.17, 15) is 24.6 Å². The monoisotopic (exact) mass is 1010 g/mol. The minimum atomic E-state index is -0.964. The van der Waals surface area contributed by atoms with E-state index < -0.39 is 23.3 Å². The highest BCUT2D eigenvalue weighted by molar-refractivity contribution is 6.07. The quantitative estimate of drug-likeness (QED) is 0.109. The lowest BCUT2D eigenvalue weighted by Gasteiger charge is -2.47. The molecule has 1 atom stereocenters. The van der Waals surface area contributed by atoms with Gasteiger partial charge in [0, 0.05) is 111 Å². The molecule has 0 radical (unpaired) electrons. The lowest BCUT2D eigenvalue weighted by Crippen LogP contribution is -2.50. The van der Waals surface area contributed by atoms with Gasteiger partial charge in [-0.3, -0.25) is 19.8 Å². The number of carbonyl (C=O) groups is 3. The predicted octanol–water partition coefficient (Wildman–Crippen LogP) is 8.41. The summed E-state index contributed by atoms with van der Waals surface area (Å²) >= 11 is 0. The Labute approximate surface area is 431 Å². The van der Waals surface area contributed by atoms with Crippen molar-refractivity contribution in [2.45, 2.75) is 90.1 Å². The van der Waals surface area contributed by atoms with Crippen LogP contribution in [0.4, 0.5) is 25.1 Å². The number of anilines is 2. The van der Waals surface area contributed by atoms with E-state index in [1.165, 1.54) is 49.9 Å². The zero-order valence-corrected chi connectivity index (χ0v) is 42.5. The number of piperidine rings is 2. The van der Waals surface area contributed by atoms with Crippen LogP contribution >= 0.6 is 0 Å². The third kappa shape index (κ3) is 9.98. The fraction of sp³-hybridized carbons (Fsp3) is 0.500. The number of aliphatic hydroxyl groups is 1. The number of fused-ring (bicyclic) bond motifs is 2. The van der Waals surface area contributed by atoms with Gasteiger partial charge in [0.05, 0.1) is 17.8 Å². The van der Waals surface area contributed by atoms with Crippen LogP contribution in [0, 0.1) is 47.6 Å². The summed E-state index contributed by atoms with van der Waals surface area (Å²) in [6, 6.07) is 14.1. The number of β-amino-alcohol motifs (C(OH)–C–C–N with tert-alkyl or cyclic N) is 1. The van der Waals surface area contributed by atoms with Gasteiger partial charge in [-0.15, -0.1) is 6.42 Å². The molecule has 5 aromatic rings. The molecule has 14 nitrogen and oxygen atoms in total. The number of amides is 4. The number of imide groups is 1. The average molecular weight is 1010 g/mol. The first-order valence-electron chi connectivity index (χ1n) is 26.6. The highest BCUT2D eigenvalue weighted by Gasteiger charge is 2.46. The second-order valence-electron chi connectivity index (χ2n) is 22.7. The third-order valence-electron chi connectivity index (χ3n) is 17.3. The van der Waals surface area contributed by atoms with E-state index in [2.05, 4.69) is 21.0 Å². The van der Waals surface area contributed by atoms with Gasteiger partial charge >= 0.3 is 12.0 Å². The number of carbonyl (C=O) groups excluding carboxylic acids is 3. The maximum absolute atomic E-state index is 17.2. The molecule has 16 heteroatoms. The maximum atomic E-state index is 17.2. The molecule has 4 aromatic carbocycles. The number of benzene rings is 4. The third-order valence-corrected chi connectivity index (χ3v) is 17.3. The zero-order chi connectivity index (χ0) is 51.5. The minimum absolute atomic E-state index is 0.00534. The Morgan fingerprint density at radius 1 is 0.878 bits per heavy atom. The van der Waals surface area contributed by atoms with E-state index in [4.69, 9.17) is 21.1 Å². The van der Waals surface area contributed by atoms with Gasteiger partial charge in [0.15, 0.2) is 5.82 Å². The molecule has 2 saturated carbocycles. The highest BCUT2D eigenvalue weighted by atomic mass is 19.1. The highest BCUT2D eigenvalue weighted by Crippen LogP contribution is 2.49. The zero-order valence-electron chi connectivity index (χ0n) is 42.5. The maximum Gasteiger partial charge on any atom is 0.328 e. The molecule has 6 fully saturated rings. The van der Waals surface area contributed by atoms with Gasteiger partial charge in [0.2, 0.25) is 5.91 Å². The van der Waals surface area contributed by atoms with Gasteiger partial charge in [-0.25, -0.2) is 13.6 Å². The molecule has 5 heterocycles. The molecule has 0 unspecified atom stereocenters. The van der Waals surface area contributed by atoms with E-state index in [0.717, 1.165) is 90.0 Å². The second-order valence-corrected chi connectivity index (χ2v) is 22.7. The largest absolute Gasteiger partial charge is 0.508 e. The number of halogens is 2. The van der Waals surface area contributed by atoms with Gasteiger partial charge in [0.1, 0.15) is 22.9 Å². The Kier molecular flexibility index (Phi) is 13.3. The van der Waals surface area contributed by atoms with E-state index >= 15 is 8.78 Å². The van der Waals surface area contributed by atoms with Crippen molar-refractivity contribution in [2.24, 2.45) is 16.7 Å². The second kappa shape index (κ2) is 19.7. The smallest absolute Gasteiger partial charge is 0.328 e. The fourth-order valence-corrected chi connectivity index (χ4v) is 12.7. The van der Waals surface area contributed by atoms with E-state index in [1.54, 1.807) is 30.0 Å². The number of nitrogens with zero attached hydrogens (tertiary/aromatic N) is 7. The summed E-state index contributed by atoms with van der Waals surface area (Å²) < 4.78 is 38.7. The summed E-state index contributed by atoms with van der Waals surface area (Å²) in [4.78, 5) is 58.3. The summed E-state index contributed by atoms with van der Waals surface area (Å²) in [5.41, 5.74) is 1.71. The number of aryl methyl sites for hydroxylation is 1. The number of phenols is 1. The standard InChI is InChI=1S/C58H66F2N8O6/c1-4-42-46(59)11-8-39-30-41(69)32-45(49(39)42)43-9-10-44-51(50(43)60)62-54(63-52(44)67-22-5-15-56(3,73)34-67)74-36-58(18-19-58)35-65-28-26-64(27-29-65)33-38-12-16-57(17-13-38)20-24-66(25-21-57)53(71)40-7-6-37(2)47(31-40)68-23-14-48(70)61-55(68)72/h1,6-11,30-32,38,69,73H,5,12-29,33-36H2,2-3H3,(H,61,70,72)/t56-/m1/s1. The summed E-state index contributed by atoms with van der Waals surface area (Å²) in [6.07, 6.45) is 16.2. The molecule has 4 aliphatic heterocycles. The van der Waals surface area contributed by atoms with Crippen molar-refractivity contribution in [1.82, 2.24) is 30.0 Å². The van der Waals surface area contributed by atoms with Crippen molar-refractivity contribution in [1.29, 1.82) is 0 Å². The molecule has 388 valence electrons. The lowest BCUT2D eigenvalue weighted by molar-refractivity contribution is -0.120. The SMILES string of the molecule is C#Cc1c(F)ccc2cc(O)cc(-c3ccc4c(N5CCC[C@@](C)(O)C5)nc(OCC5(CN6CCN(CC7CCC8(CC7)CCN(C(=O)c7ccc(C)c(N9CCC(=O)NC9=O)c7)CC8)CC6)CC5)nc4c3F)c12. The minimum Gasteiger partial charge on any atom is -0.508 e. The Hall–Kier alpha value is -6.41. The van der Waals surface area contributed by atoms with Gasteiger partial charge in [-0.05, 0) is 142 Å². The fourth-order valence-electron chi connectivity index (χ4n) is 12.7. The van der Waals surface area contributed by atoms with Crippen molar-refractivity contribution in [3.8, 4) is 35.2 Å². The molecule has 1 aromatic heterocycles. The molecular weight excluding hydrogens is 943 g/mol. The summed E-state index contributed by atoms with van der Waals surface area (Å²) in [6.45, 7) is 12.7. The Balaban J connectivity index is 0.696. The van der Waals surface area contributed by atoms with Crippen LogP contribution in [-0.4, -0.2) is 137 Å². The lowest BCUT2D eigenvalue weighted by atomic mass is 9.65. The summed E-state index contributed by atoms with van der Waals surface area (Å²) in [7, 11) is 0. The van der Waals surface area contributed by atoms with Crippen molar-refractivity contribution in [3.05, 3.63) is 82.9 Å². The van der Waals surface area contributed by atoms with Crippen LogP contribution in [0.2, 0.25) is 0 Å². The van der Waals surface area contributed by atoms with Gasteiger partial charge in [0.25, 0.3) is 5.91 Å². The normalized spacial score (nSPS) is 22.6. The van der Waals surface area contributed by atoms with Crippen LogP contribution in [0.25, 0.3) is 32.8 Å². The van der Waals surface area contributed by atoms with E-state index in [1.807, 2.05) is 28.9 Å². The first kappa shape index (κ1) is 49.8. The van der Waals surface area contributed by atoms with Crippen molar-refractivity contribution >= 4 is 51.0 Å². The van der Waals surface area contributed by atoms with Crippen LogP contribution in [0.15, 0.2) is 54.6 Å². The van der Waals surface area contributed by atoms with Crippen LogP contribution in [0.1, 0.15) is 99.0 Å². The molecule has 0 bridgehead atoms. The molecule has 1 spiro atoms. The molecule has 4 amide bonds. The number of aromatic hydroxyl groups is 1. The molecule has 3 N–H and O–H groups in total. The number of likely N-dealkylation sites (tertiary alicyclic amines) is 1. The number of aromatic nitrogens is 2. The number of piperazine rings is 1.